The molecular formula is C15H15Cl2NO. The normalized spacial score (nSPS) is 13.9. The van der Waals surface area contributed by atoms with E-state index >= 15 is 0 Å². The highest BCUT2D eigenvalue weighted by Crippen LogP contribution is 2.27. The zero-order valence-corrected chi connectivity index (χ0v) is 12.0. The number of hydrogen-bond donors (Lipinski definition) is 1. The van der Waals surface area contributed by atoms with Crippen molar-refractivity contribution < 1.29 is 4.74 Å². The highest BCUT2D eigenvalue weighted by atomic mass is 35.5. The average Bonchev–Trinajstić information content (AvgIpc) is 2.37. The second-order valence-electron chi connectivity index (χ2n) is 4.41. The first kappa shape index (κ1) is 14.2. The quantitative estimate of drug-likeness (QED) is 0.904. The van der Waals surface area contributed by atoms with Crippen molar-refractivity contribution in [3.05, 3.63) is 64.1 Å². The molecule has 4 heteroatoms. The Morgan fingerprint density at radius 2 is 1.68 bits per heavy atom. The van der Waals surface area contributed by atoms with E-state index < -0.39 is 0 Å². The molecule has 0 amide bonds. The second-order valence-corrected chi connectivity index (χ2v) is 5.28. The van der Waals surface area contributed by atoms with Crippen LogP contribution in [0.4, 0.5) is 0 Å². The van der Waals surface area contributed by atoms with E-state index in [9.17, 15) is 0 Å². The van der Waals surface area contributed by atoms with Gasteiger partial charge in [-0.15, -0.1) is 0 Å². The third kappa shape index (κ3) is 3.87. The standard InChI is InChI=1S/C15H15Cl2NO/c1-10(18)15(11-5-7-12(16)8-6-11)19-14-4-2-3-13(17)9-14/h2-10,15H,18H2,1H3. The zero-order valence-electron chi connectivity index (χ0n) is 10.5. The van der Waals surface area contributed by atoms with Gasteiger partial charge in [0.15, 0.2) is 0 Å². The average molecular weight is 296 g/mol. The summed E-state index contributed by atoms with van der Waals surface area (Å²) in [4.78, 5) is 0. The van der Waals surface area contributed by atoms with E-state index in [0.717, 1.165) is 5.56 Å². The van der Waals surface area contributed by atoms with E-state index in [4.69, 9.17) is 33.7 Å². The fraction of sp³-hybridized carbons (Fsp3) is 0.200. The Morgan fingerprint density at radius 3 is 2.26 bits per heavy atom. The van der Waals surface area contributed by atoms with Crippen molar-refractivity contribution in [3.8, 4) is 5.75 Å². The van der Waals surface area contributed by atoms with Crippen LogP contribution in [0.15, 0.2) is 48.5 Å². The lowest BCUT2D eigenvalue weighted by Gasteiger charge is -2.23. The van der Waals surface area contributed by atoms with Crippen molar-refractivity contribution in [2.45, 2.75) is 19.1 Å². The molecule has 0 saturated heterocycles. The van der Waals surface area contributed by atoms with Gasteiger partial charge in [0.25, 0.3) is 0 Å². The van der Waals surface area contributed by atoms with E-state index in [1.165, 1.54) is 0 Å². The SMILES string of the molecule is CC(N)C(Oc1cccc(Cl)c1)c1ccc(Cl)cc1. The van der Waals surface area contributed by atoms with Crippen molar-refractivity contribution in [1.29, 1.82) is 0 Å². The van der Waals surface area contributed by atoms with Gasteiger partial charge in [0.1, 0.15) is 11.9 Å². The molecule has 0 aliphatic carbocycles. The molecular weight excluding hydrogens is 281 g/mol. The predicted octanol–water partition coefficient (Wildman–Crippen LogP) is 4.46. The monoisotopic (exact) mass is 295 g/mol. The minimum Gasteiger partial charge on any atom is -0.484 e. The van der Waals surface area contributed by atoms with Gasteiger partial charge >= 0.3 is 0 Å². The van der Waals surface area contributed by atoms with E-state index in [2.05, 4.69) is 0 Å². The Kier molecular flexibility index (Phi) is 4.70. The van der Waals surface area contributed by atoms with Gasteiger partial charge < -0.3 is 10.5 Å². The molecule has 0 saturated carbocycles. The van der Waals surface area contributed by atoms with Gasteiger partial charge in [-0.25, -0.2) is 0 Å². The van der Waals surface area contributed by atoms with E-state index in [-0.39, 0.29) is 12.1 Å². The molecule has 0 bridgehead atoms. The summed E-state index contributed by atoms with van der Waals surface area (Å²) in [5, 5.41) is 1.33. The number of hydrogen-bond acceptors (Lipinski definition) is 2. The molecule has 0 aromatic heterocycles. The van der Waals surface area contributed by atoms with Gasteiger partial charge in [-0.1, -0.05) is 41.4 Å². The maximum absolute atomic E-state index is 6.00. The Hall–Kier alpha value is -1.22. The molecule has 2 aromatic rings. The molecule has 2 N–H and O–H groups in total. The van der Waals surface area contributed by atoms with E-state index in [1.807, 2.05) is 43.3 Å². The van der Waals surface area contributed by atoms with Crippen LogP contribution in [0.5, 0.6) is 5.75 Å². The molecule has 100 valence electrons. The Labute approximate surface area is 123 Å². The fourth-order valence-electron chi connectivity index (χ4n) is 1.82. The molecule has 0 radical (unpaired) electrons. The first-order chi connectivity index (χ1) is 9.06. The van der Waals surface area contributed by atoms with Crippen molar-refractivity contribution in [2.24, 2.45) is 5.73 Å². The van der Waals surface area contributed by atoms with Crippen molar-refractivity contribution in [2.75, 3.05) is 0 Å². The molecule has 19 heavy (non-hydrogen) atoms. The summed E-state index contributed by atoms with van der Waals surface area (Å²) in [6, 6.07) is 14.6. The smallest absolute Gasteiger partial charge is 0.138 e. The van der Waals surface area contributed by atoms with Crippen molar-refractivity contribution >= 4 is 23.2 Å². The van der Waals surface area contributed by atoms with E-state index in [0.29, 0.717) is 15.8 Å². The number of halogens is 2. The third-order valence-electron chi connectivity index (χ3n) is 2.74. The van der Waals surface area contributed by atoms with Gasteiger partial charge in [0.05, 0.1) is 0 Å². The molecule has 0 fully saturated rings. The van der Waals surface area contributed by atoms with Crippen LogP contribution in [-0.4, -0.2) is 6.04 Å². The van der Waals surface area contributed by atoms with E-state index in [1.54, 1.807) is 12.1 Å². The fourth-order valence-corrected chi connectivity index (χ4v) is 2.12. The van der Waals surface area contributed by atoms with Crippen LogP contribution in [0, 0.1) is 0 Å². The minimum atomic E-state index is -0.240. The van der Waals surface area contributed by atoms with Crippen LogP contribution in [0.2, 0.25) is 10.0 Å². The number of rotatable bonds is 4. The van der Waals surface area contributed by atoms with Crippen LogP contribution in [-0.2, 0) is 0 Å². The summed E-state index contributed by atoms with van der Waals surface area (Å²) in [6.45, 7) is 1.91. The summed E-state index contributed by atoms with van der Waals surface area (Å²) in [5.74, 6) is 0.699. The molecule has 0 heterocycles. The topological polar surface area (TPSA) is 35.2 Å². The molecule has 2 unspecified atom stereocenters. The first-order valence-electron chi connectivity index (χ1n) is 5.99. The lowest BCUT2D eigenvalue weighted by Crippen LogP contribution is -2.29. The van der Waals surface area contributed by atoms with Crippen molar-refractivity contribution in [1.82, 2.24) is 0 Å². The Bertz CT molecular complexity index is 540. The van der Waals surface area contributed by atoms with Crippen LogP contribution < -0.4 is 10.5 Å². The largest absolute Gasteiger partial charge is 0.484 e. The molecule has 2 atom stereocenters. The highest BCUT2D eigenvalue weighted by molar-refractivity contribution is 6.30. The molecule has 2 nitrogen and oxygen atoms in total. The lowest BCUT2D eigenvalue weighted by molar-refractivity contribution is 0.180. The zero-order chi connectivity index (χ0) is 13.8. The number of ether oxygens (including phenoxy) is 1. The van der Waals surface area contributed by atoms with Crippen LogP contribution in [0.3, 0.4) is 0 Å². The van der Waals surface area contributed by atoms with Crippen LogP contribution in [0.1, 0.15) is 18.6 Å². The molecule has 2 aromatic carbocycles. The maximum Gasteiger partial charge on any atom is 0.138 e. The van der Waals surface area contributed by atoms with Gasteiger partial charge in [0, 0.05) is 16.1 Å². The third-order valence-corrected chi connectivity index (χ3v) is 3.22. The summed E-state index contributed by atoms with van der Waals surface area (Å²) in [6.07, 6.45) is -0.240. The summed E-state index contributed by atoms with van der Waals surface area (Å²) in [7, 11) is 0. The predicted molar refractivity (Wildman–Crippen MR) is 79.9 cm³/mol. The Morgan fingerprint density at radius 1 is 1.00 bits per heavy atom. The van der Waals surface area contributed by atoms with Crippen LogP contribution >= 0.6 is 23.2 Å². The summed E-state index contributed by atoms with van der Waals surface area (Å²) in [5.41, 5.74) is 6.99. The Balaban J connectivity index is 2.23. The van der Waals surface area contributed by atoms with Crippen LogP contribution in [0.25, 0.3) is 0 Å². The molecule has 0 spiro atoms. The minimum absolute atomic E-state index is 0.153. The molecule has 2 rings (SSSR count). The lowest BCUT2D eigenvalue weighted by atomic mass is 10.0. The van der Waals surface area contributed by atoms with Gasteiger partial charge in [-0.3, -0.25) is 0 Å². The van der Waals surface area contributed by atoms with Gasteiger partial charge in [-0.2, -0.15) is 0 Å². The maximum atomic E-state index is 6.00. The number of benzene rings is 2. The molecule has 0 aliphatic rings. The van der Waals surface area contributed by atoms with Gasteiger partial charge in [0.2, 0.25) is 0 Å². The number of nitrogens with two attached hydrogens (primary N) is 1. The molecule has 0 aliphatic heterocycles. The summed E-state index contributed by atoms with van der Waals surface area (Å²) < 4.78 is 5.93. The second kappa shape index (κ2) is 6.29. The van der Waals surface area contributed by atoms with Crippen molar-refractivity contribution in [3.63, 3.8) is 0 Å². The van der Waals surface area contributed by atoms with Gasteiger partial charge in [-0.05, 0) is 42.8 Å². The highest BCUT2D eigenvalue weighted by Gasteiger charge is 2.18. The first-order valence-corrected chi connectivity index (χ1v) is 6.75. The summed E-state index contributed by atoms with van der Waals surface area (Å²) >= 11 is 11.8.